The lowest BCUT2D eigenvalue weighted by atomic mass is 10.0. The van der Waals surface area contributed by atoms with Crippen LogP contribution < -0.4 is 5.32 Å². The summed E-state index contributed by atoms with van der Waals surface area (Å²) in [6, 6.07) is 11.4. The highest BCUT2D eigenvalue weighted by Crippen LogP contribution is 2.31. The highest BCUT2D eigenvalue weighted by atomic mass is 79.9. The monoisotopic (exact) mass is 461 g/mol. The van der Waals surface area contributed by atoms with Crippen LogP contribution in [-0.4, -0.2) is 19.6 Å². The highest BCUT2D eigenvalue weighted by Gasteiger charge is 2.18. The minimum absolute atomic E-state index is 0.102. The predicted molar refractivity (Wildman–Crippen MR) is 111 cm³/mol. The number of hydrogen-bond donors (Lipinski definition) is 1. The van der Waals surface area contributed by atoms with Gasteiger partial charge in [0, 0.05) is 30.7 Å². The Balaban J connectivity index is 1.74. The van der Waals surface area contributed by atoms with Gasteiger partial charge in [0.1, 0.15) is 5.52 Å². The molecule has 8 heteroatoms. The van der Waals surface area contributed by atoms with Crippen LogP contribution in [0.3, 0.4) is 0 Å². The molecule has 4 aromatic rings. The fourth-order valence-corrected chi connectivity index (χ4v) is 3.66. The molecule has 3 aromatic heterocycles. The maximum atomic E-state index is 6.25. The largest absolute Gasteiger partial charge is 0.361 e. The average Bonchev–Trinajstić information content (AvgIpc) is 3.06. The first-order valence-corrected chi connectivity index (χ1v) is 9.76. The zero-order valence-electron chi connectivity index (χ0n) is 14.0. The Labute approximate surface area is 174 Å². The summed E-state index contributed by atoms with van der Waals surface area (Å²) in [7, 11) is 0. The molecule has 0 fully saturated rings. The topological polar surface area (TPSA) is 55.1 Å². The molecule has 0 aliphatic heterocycles. The van der Waals surface area contributed by atoms with Gasteiger partial charge in [0.2, 0.25) is 0 Å². The van der Waals surface area contributed by atoms with Gasteiger partial charge in [-0.1, -0.05) is 35.3 Å². The number of halogens is 3. The van der Waals surface area contributed by atoms with Gasteiger partial charge in [-0.05, 0) is 45.8 Å². The molecule has 0 radical (unpaired) electrons. The Morgan fingerprint density at radius 1 is 1.07 bits per heavy atom. The number of nitrogens with zero attached hydrogens (tertiary/aromatic N) is 4. The minimum Gasteiger partial charge on any atom is -0.361 e. The van der Waals surface area contributed by atoms with E-state index in [0.29, 0.717) is 22.3 Å². The Kier molecular flexibility index (Phi) is 5.29. The lowest BCUT2D eigenvalue weighted by Gasteiger charge is -2.21. The van der Waals surface area contributed by atoms with Gasteiger partial charge in [-0.25, -0.2) is 9.50 Å². The van der Waals surface area contributed by atoms with Gasteiger partial charge in [-0.15, -0.1) is 0 Å². The Morgan fingerprint density at radius 2 is 1.96 bits per heavy atom. The first kappa shape index (κ1) is 18.2. The number of aromatic nitrogens is 4. The van der Waals surface area contributed by atoms with Crippen LogP contribution in [0.25, 0.3) is 5.52 Å². The molecule has 1 unspecified atom stereocenters. The standard InChI is InChI=1S/C19H14BrCl2N5/c20-14-11-25-27-8-7-24-19(18(14)27)26-17(10-13-3-1-2-6-23-13)12-4-5-15(21)16(22)9-12/h1-9,11,17H,10H2,(H,24,26). The van der Waals surface area contributed by atoms with Crippen LogP contribution in [0.15, 0.2) is 65.7 Å². The van der Waals surface area contributed by atoms with Gasteiger partial charge < -0.3 is 5.32 Å². The molecule has 0 bridgehead atoms. The van der Waals surface area contributed by atoms with Crippen molar-refractivity contribution in [3.05, 3.63) is 87.0 Å². The molecule has 27 heavy (non-hydrogen) atoms. The van der Waals surface area contributed by atoms with Gasteiger partial charge in [-0.2, -0.15) is 5.10 Å². The van der Waals surface area contributed by atoms with Crippen molar-refractivity contribution in [1.82, 2.24) is 19.6 Å². The third-order valence-electron chi connectivity index (χ3n) is 4.18. The smallest absolute Gasteiger partial charge is 0.153 e. The van der Waals surface area contributed by atoms with Crippen molar-refractivity contribution in [1.29, 1.82) is 0 Å². The normalized spacial score (nSPS) is 12.3. The lowest BCUT2D eigenvalue weighted by Crippen LogP contribution is -2.16. The van der Waals surface area contributed by atoms with Crippen LogP contribution in [-0.2, 0) is 6.42 Å². The third-order valence-corrected chi connectivity index (χ3v) is 5.50. The fraction of sp³-hybridized carbons (Fsp3) is 0.105. The van der Waals surface area contributed by atoms with Crippen LogP contribution in [0.5, 0.6) is 0 Å². The van der Waals surface area contributed by atoms with E-state index >= 15 is 0 Å². The molecule has 1 aromatic carbocycles. The number of fused-ring (bicyclic) bond motifs is 1. The van der Waals surface area contributed by atoms with E-state index in [4.69, 9.17) is 23.2 Å². The van der Waals surface area contributed by atoms with Gasteiger partial charge in [0.25, 0.3) is 0 Å². The first-order valence-electron chi connectivity index (χ1n) is 8.21. The maximum Gasteiger partial charge on any atom is 0.153 e. The molecule has 1 N–H and O–H groups in total. The van der Waals surface area contributed by atoms with Crippen LogP contribution in [0.4, 0.5) is 5.82 Å². The van der Waals surface area contributed by atoms with Gasteiger partial charge >= 0.3 is 0 Å². The van der Waals surface area contributed by atoms with E-state index in [2.05, 4.69) is 36.3 Å². The van der Waals surface area contributed by atoms with Gasteiger partial charge in [0.15, 0.2) is 5.82 Å². The summed E-state index contributed by atoms with van der Waals surface area (Å²) < 4.78 is 2.63. The van der Waals surface area contributed by atoms with Crippen LogP contribution in [0.2, 0.25) is 10.0 Å². The number of hydrogen-bond acceptors (Lipinski definition) is 4. The molecule has 0 amide bonds. The highest BCUT2D eigenvalue weighted by molar-refractivity contribution is 9.10. The number of pyridine rings is 1. The van der Waals surface area contributed by atoms with Crippen molar-refractivity contribution >= 4 is 50.5 Å². The molecular formula is C19H14BrCl2N5. The van der Waals surface area contributed by atoms with E-state index in [1.165, 1.54) is 0 Å². The van der Waals surface area contributed by atoms with Crippen molar-refractivity contribution in [2.75, 3.05) is 5.32 Å². The van der Waals surface area contributed by atoms with Crippen molar-refractivity contribution in [3.8, 4) is 0 Å². The van der Waals surface area contributed by atoms with Crippen molar-refractivity contribution in [3.63, 3.8) is 0 Å². The molecule has 0 spiro atoms. The van der Waals surface area contributed by atoms with Crippen LogP contribution in [0, 0.1) is 0 Å². The van der Waals surface area contributed by atoms with E-state index in [1.54, 1.807) is 35.4 Å². The first-order chi connectivity index (χ1) is 13.1. The van der Waals surface area contributed by atoms with E-state index in [-0.39, 0.29) is 6.04 Å². The minimum atomic E-state index is -0.102. The third kappa shape index (κ3) is 3.93. The Hall–Kier alpha value is -2.15. The number of rotatable bonds is 5. The van der Waals surface area contributed by atoms with Crippen LogP contribution in [0.1, 0.15) is 17.3 Å². The summed E-state index contributed by atoms with van der Waals surface area (Å²) >= 11 is 15.9. The molecular weight excluding hydrogens is 449 g/mol. The second kappa shape index (κ2) is 7.84. The Bertz CT molecular complexity index is 1080. The quantitative estimate of drug-likeness (QED) is 0.420. The van der Waals surface area contributed by atoms with E-state index in [9.17, 15) is 0 Å². The molecule has 5 nitrogen and oxygen atoms in total. The SMILES string of the molecule is Clc1ccc(C(Cc2ccccn2)Nc2nccn3ncc(Br)c23)cc1Cl. The predicted octanol–water partition coefficient (Wildman–Crippen LogP) is 5.59. The summed E-state index contributed by atoms with van der Waals surface area (Å²) in [6.45, 7) is 0. The average molecular weight is 463 g/mol. The molecule has 0 saturated heterocycles. The summed E-state index contributed by atoms with van der Waals surface area (Å²) in [5, 5.41) is 8.86. The molecule has 0 aliphatic rings. The molecule has 136 valence electrons. The van der Waals surface area contributed by atoms with Crippen molar-refractivity contribution in [2.24, 2.45) is 0 Å². The summed E-state index contributed by atoms with van der Waals surface area (Å²) in [6.07, 6.45) is 7.70. The zero-order chi connectivity index (χ0) is 18.8. The second-order valence-electron chi connectivity index (χ2n) is 5.96. The second-order valence-corrected chi connectivity index (χ2v) is 7.63. The summed E-state index contributed by atoms with van der Waals surface area (Å²) in [5.41, 5.74) is 2.82. The van der Waals surface area contributed by atoms with E-state index in [0.717, 1.165) is 21.2 Å². The summed E-state index contributed by atoms with van der Waals surface area (Å²) in [5.74, 6) is 0.717. The zero-order valence-corrected chi connectivity index (χ0v) is 17.1. The Morgan fingerprint density at radius 3 is 2.74 bits per heavy atom. The maximum absolute atomic E-state index is 6.25. The summed E-state index contributed by atoms with van der Waals surface area (Å²) in [4.78, 5) is 8.95. The molecule has 0 aliphatic carbocycles. The fourth-order valence-electron chi connectivity index (χ4n) is 2.89. The lowest BCUT2D eigenvalue weighted by molar-refractivity contribution is 0.750. The number of nitrogens with one attached hydrogen (secondary N) is 1. The van der Waals surface area contributed by atoms with Crippen molar-refractivity contribution < 1.29 is 0 Å². The van der Waals surface area contributed by atoms with E-state index in [1.807, 2.05) is 30.3 Å². The van der Waals surface area contributed by atoms with Crippen molar-refractivity contribution in [2.45, 2.75) is 12.5 Å². The van der Waals surface area contributed by atoms with Gasteiger partial charge in [-0.3, -0.25) is 4.98 Å². The molecule has 4 rings (SSSR count). The molecule has 0 saturated carbocycles. The molecule has 1 atom stereocenters. The molecule has 3 heterocycles. The van der Waals surface area contributed by atoms with Crippen LogP contribution >= 0.6 is 39.1 Å². The number of anilines is 1. The van der Waals surface area contributed by atoms with E-state index < -0.39 is 0 Å². The number of benzene rings is 1. The van der Waals surface area contributed by atoms with Gasteiger partial charge in [0.05, 0.1) is 26.8 Å².